The van der Waals surface area contributed by atoms with Gasteiger partial charge in [0.1, 0.15) is 5.75 Å². The van der Waals surface area contributed by atoms with Crippen LogP contribution in [0.1, 0.15) is 11.7 Å². The third kappa shape index (κ3) is 3.38. The number of nitrogens with one attached hydrogen (secondary N) is 1. The second-order valence-electron chi connectivity index (χ2n) is 4.10. The first-order valence-corrected chi connectivity index (χ1v) is 7.35. The van der Waals surface area contributed by atoms with E-state index in [0.29, 0.717) is 11.3 Å². The van der Waals surface area contributed by atoms with Crippen molar-refractivity contribution in [3.63, 3.8) is 0 Å². The molecule has 1 heterocycles. The Balaban J connectivity index is 2.07. The monoisotopic (exact) mass is 297 g/mol. The molecule has 6 nitrogen and oxygen atoms in total. The Bertz CT molecular complexity index is 651. The minimum Gasteiger partial charge on any atom is -0.497 e. The molecule has 0 saturated carbocycles. The summed E-state index contributed by atoms with van der Waals surface area (Å²) in [6.07, 6.45) is 1.81. The minimum atomic E-state index is -3.70. The molecular formula is C13H15NO5S. The first-order valence-electron chi connectivity index (χ1n) is 5.87. The molecule has 2 N–H and O–H groups in total. The Morgan fingerprint density at radius 3 is 2.85 bits per heavy atom. The summed E-state index contributed by atoms with van der Waals surface area (Å²) in [5, 5.41) is 9.81. The van der Waals surface area contributed by atoms with E-state index >= 15 is 0 Å². The highest BCUT2D eigenvalue weighted by Gasteiger charge is 2.17. The van der Waals surface area contributed by atoms with Crippen LogP contribution in [0.3, 0.4) is 0 Å². The second-order valence-corrected chi connectivity index (χ2v) is 5.87. The Kier molecular flexibility index (Phi) is 4.43. The summed E-state index contributed by atoms with van der Waals surface area (Å²) in [6, 6.07) is 7.67. The number of furan rings is 1. The smallest absolute Gasteiger partial charge is 0.240 e. The van der Waals surface area contributed by atoms with Gasteiger partial charge < -0.3 is 14.3 Å². The number of benzene rings is 1. The number of rotatable bonds is 6. The van der Waals surface area contributed by atoms with Crippen LogP contribution in [0, 0.1) is 0 Å². The standard InChI is InChI=1S/C13H15NO5S/c1-18-11-3-2-4-12(7-11)20(16,17)14-8-13(15)10-5-6-19-9-10/h2-7,9,13-15H,8H2,1H3/t13-/m0/s1. The summed E-state index contributed by atoms with van der Waals surface area (Å²) < 4.78 is 36.3. The van der Waals surface area contributed by atoms with Gasteiger partial charge in [-0.3, -0.25) is 0 Å². The maximum Gasteiger partial charge on any atom is 0.240 e. The molecule has 7 heteroatoms. The van der Waals surface area contributed by atoms with Crippen molar-refractivity contribution >= 4 is 10.0 Å². The molecule has 20 heavy (non-hydrogen) atoms. The van der Waals surface area contributed by atoms with Crippen molar-refractivity contribution in [1.29, 1.82) is 0 Å². The zero-order valence-corrected chi connectivity index (χ0v) is 11.6. The molecule has 108 valence electrons. The second kappa shape index (κ2) is 6.08. The van der Waals surface area contributed by atoms with Crippen LogP contribution in [0.25, 0.3) is 0 Å². The van der Waals surface area contributed by atoms with Crippen LogP contribution in [0.2, 0.25) is 0 Å². The Labute approximate surface area is 117 Å². The molecule has 0 amide bonds. The van der Waals surface area contributed by atoms with E-state index in [1.54, 1.807) is 18.2 Å². The van der Waals surface area contributed by atoms with E-state index in [1.165, 1.54) is 31.8 Å². The van der Waals surface area contributed by atoms with Crippen LogP contribution in [0.5, 0.6) is 5.75 Å². The van der Waals surface area contributed by atoms with Gasteiger partial charge in [0.15, 0.2) is 0 Å². The number of sulfonamides is 1. The van der Waals surface area contributed by atoms with Gasteiger partial charge in [0.2, 0.25) is 10.0 Å². The molecular weight excluding hydrogens is 282 g/mol. The molecule has 0 saturated heterocycles. The highest BCUT2D eigenvalue weighted by Crippen LogP contribution is 2.18. The molecule has 0 bridgehead atoms. The molecule has 0 aliphatic rings. The van der Waals surface area contributed by atoms with E-state index in [-0.39, 0.29) is 11.4 Å². The highest BCUT2D eigenvalue weighted by atomic mass is 32.2. The van der Waals surface area contributed by atoms with Crippen molar-refractivity contribution in [1.82, 2.24) is 4.72 Å². The van der Waals surface area contributed by atoms with Crippen LogP contribution in [-0.2, 0) is 10.0 Å². The third-order valence-corrected chi connectivity index (χ3v) is 4.17. The lowest BCUT2D eigenvalue weighted by Crippen LogP contribution is -2.28. The van der Waals surface area contributed by atoms with Crippen LogP contribution in [-0.4, -0.2) is 27.2 Å². The first kappa shape index (κ1) is 14.6. The molecule has 0 aliphatic heterocycles. The van der Waals surface area contributed by atoms with E-state index < -0.39 is 16.1 Å². The lowest BCUT2D eigenvalue weighted by atomic mass is 10.2. The maximum atomic E-state index is 12.1. The Hall–Kier alpha value is -1.83. The number of aliphatic hydroxyl groups excluding tert-OH is 1. The molecule has 2 rings (SSSR count). The van der Waals surface area contributed by atoms with Gasteiger partial charge in [-0.25, -0.2) is 13.1 Å². The molecule has 2 aromatic rings. The van der Waals surface area contributed by atoms with Gasteiger partial charge in [0.05, 0.1) is 30.6 Å². The SMILES string of the molecule is COc1cccc(S(=O)(=O)NC[C@H](O)c2ccoc2)c1. The average molecular weight is 297 g/mol. The molecule has 0 unspecified atom stereocenters. The predicted octanol–water partition coefficient (Wildman–Crippen LogP) is 1.30. The molecule has 1 aromatic carbocycles. The predicted molar refractivity (Wildman–Crippen MR) is 71.9 cm³/mol. The Morgan fingerprint density at radius 1 is 1.40 bits per heavy atom. The maximum absolute atomic E-state index is 12.1. The van der Waals surface area contributed by atoms with Gasteiger partial charge in [-0.2, -0.15) is 0 Å². The van der Waals surface area contributed by atoms with Crippen molar-refractivity contribution in [2.75, 3.05) is 13.7 Å². The van der Waals surface area contributed by atoms with Crippen molar-refractivity contribution in [2.45, 2.75) is 11.0 Å². The highest BCUT2D eigenvalue weighted by molar-refractivity contribution is 7.89. The van der Waals surface area contributed by atoms with Gasteiger partial charge >= 0.3 is 0 Å². The molecule has 0 radical (unpaired) electrons. The largest absolute Gasteiger partial charge is 0.497 e. The van der Waals surface area contributed by atoms with Gasteiger partial charge in [0, 0.05) is 18.2 Å². The molecule has 0 fully saturated rings. The summed E-state index contributed by atoms with van der Waals surface area (Å²) in [5.74, 6) is 0.447. The van der Waals surface area contributed by atoms with E-state index in [0.717, 1.165) is 0 Å². The zero-order chi connectivity index (χ0) is 14.6. The van der Waals surface area contributed by atoms with E-state index in [4.69, 9.17) is 9.15 Å². The number of hydrogen-bond donors (Lipinski definition) is 2. The summed E-state index contributed by atoms with van der Waals surface area (Å²) in [6.45, 7) is -0.140. The van der Waals surface area contributed by atoms with Crippen LogP contribution in [0.4, 0.5) is 0 Å². The zero-order valence-electron chi connectivity index (χ0n) is 10.8. The van der Waals surface area contributed by atoms with Gasteiger partial charge in [-0.05, 0) is 18.2 Å². The van der Waals surface area contributed by atoms with Crippen molar-refractivity contribution in [3.8, 4) is 5.75 Å². The van der Waals surface area contributed by atoms with E-state index in [9.17, 15) is 13.5 Å². The summed E-state index contributed by atoms with van der Waals surface area (Å²) in [7, 11) is -2.24. The van der Waals surface area contributed by atoms with Gasteiger partial charge in [-0.1, -0.05) is 6.07 Å². The fraction of sp³-hybridized carbons (Fsp3) is 0.231. The van der Waals surface area contributed by atoms with E-state index in [1.807, 2.05) is 0 Å². The first-order chi connectivity index (χ1) is 9.53. The third-order valence-electron chi connectivity index (χ3n) is 2.75. The van der Waals surface area contributed by atoms with Crippen LogP contribution in [0.15, 0.2) is 52.2 Å². The normalized spacial score (nSPS) is 13.1. The lowest BCUT2D eigenvalue weighted by molar-refractivity contribution is 0.181. The number of methoxy groups -OCH3 is 1. The Morgan fingerprint density at radius 2 is 2.20 bits per heavy atom. The van der Waals surface area contributed by atoms with Crippen LogP contribution >= 0.6 is 0 Å². The van der Waals surface area contributed by atoms with Gasteiger partial charge in [-0.15, -0.1) is 0 Å². The van der Waals surface area contributed by atoms with Crippen molar-refractivity contribution in [3.05, 3.63) is 48.4 Å². The molecule has 1 aromatic heterocycles. The van der Waals surface area contributed by atoms with Crippen LogP contribution < -0.4 is 9.46 Å². The summed E-state index contributed by atoms with van der Waals surface area (Å²) >= 11 is 0. The molecule has 0 aliphatic carbocycles. The van der Waals surface area contributed by atoms with Crippen molar-refractivity contribution < 1.29 is 22.7 Å². The number of ether oxygens (including phenoxy) is 1. The van der Waals surface area contributed by atoms with Gasteiger partial charge in [0.25, 0.3) is 0 Å². The fourth-order valence-electron chi connectivity index (χ4n) is 1.62. The molecule has 0 spiro atoms. The average Bonchev–Trinajstić information content (AvgIpc) is 2.99. The van der Waals surface area contributed by atoms with Crippen molar-refractivity contribution in [2.24, 2.45) is 0 Å². The fourth-order valence-corrected chi connectivity index (χ4v) is 2.70. The number of hydrogen-bond acceptors (Lipinski definition) is 5. The quantitative estimate of drug-likeness (QED) is 0.839. The van der Waals surface area contributed by atoms with E-state index in [2.05, 4.69) is 4.72 Å². The minimum absolute atomic E-state index is 0.0799. The molecule has 1 atom stereocenters. The lowest BCUT2D eigenvalue weighted by Gasteiger charge is -2.11. The topological polar surface area (TPSA) is 88.8 Å². The summed E-state index contributed by atoms with van der Waals surface area (Å²) in [4.78, 5) is 0.0799. The summed E-state index contributed by atoms with van der Waals surface area (Å²) in [5.41, 5.74) is 0.512. The number of aliphatic hydroxyl groups is 1.